The van der Waals surface area contributed by atoms with E-state index in [1.54, 1.807) is 4.90 Å². The third kappa shape index (κ3) is 5.22. The van der Waals surface area contributed by atoms with Crippen molar-refractivity contribution in [2.45, 2.75) is 66.5 Å². The van der Waals surface area contributed by atoms with Crippen LogP contribution in [0.5, 0.6) is 0 Å². The molecular weight excluding hydrogens is 310 g/mol. The molecule has 0 radical (unpaired) electrons. The van der Waals surface area contributed by atoms with Crippen LogP contribution in [0.15, 0.2) is 41.5 Å². The van der Waals surface area contributed by atoms with Crippen molar-refractivity contribution < 1.29 is 9.53 Å². The van der Waals surface area contributed by atoms with Crippen LogP contribution in [0.1, 0.15) is 58.2 Å². The first-order valence-corrected chi connectivity index (χ1v) is 9.10. The smallest absolute Gasteiger partial charge is 0.410 e. The molecule has 0 saturated heterocycles. The molecule has 1 aliphatic heterocycles. The first-order valence-electron chi connectivity index (χ1n) is 9.10. The number of allylic oxidation sites excluding steroid dienone is 4. The van der Waals surface area contributed by atoms with Gasteiger partial charge in [-0.25, -0.2) is 4.79 Å². The summed E-state index contributed by atoms with van der Waals surface area (Å²) in [7, 11) is 0. The molecule has 1 aromatic carbocycles. The Morgan fingerprint density at radius 1 is 1.20 bits per heavy atom. The number of carbonyl (C=O) groups is 1. The zero-order valence-corrected chi connectivity index (χ0v) is 16.5. The second-order valence-corrected chi connectivity index (χ2v) is 7.72. The van der Waals surface area contributed by atoms with E-state index in [-0.39, 0.29) is 6.09 Å². The number of benzene rings is 1. The van der Waals surface area contributed by atoms with Crippen molar-refractivity contribution in [3.63, 3.8) is 0 Å². The Bertz CT molecular complexity index is 692. The number of fused-ring (bicyclic) bond motifs is 1. The molecular formula is C22H31NO2. The maximum Gasteiger partial charge on any atom is 0.410 e. The second kappa shape index (κ2) is 7.90. The molecule has 1 heterocycles. The fourth-order valence-electron chi connectivity index (χ4n) is 3.07. The van der Waals surface area contributed by atoms with Gasteiger partial charge in [0.2, 0.25) is 0 Å². The molecule has 0 unspecified atom stereocenters. The standard InChI is InChI=1S/C22H31NO2/c1-7-16(3)18(8-2)13-17-9-10-20-15-23(12-11-19(20)14-17)21(24)25-22(4,5)6/h7-10,14H,11-13,15H2,1-6H3/b16-7-,18-8-. The second-order valence-electron chi connectivity index (χ2n) is 7.72. The van der Waals surface area contributed by atoms with Crippen LogP contribution in [-0.2, 0) is 24.1 Å². The maximum absolute atomic E-state index is 12.3. The molecule has 3 nitrogen and oxygen atoms in total. The summed E-state index contributed by atoms with van der Waals surface area (Å²) in [5, 5.41) is 0. The van der Waals surface area contributed by atoms with Gasteiger partial charge in [0.05, 0.1) is 0 Å². The number of rotatable bonds is 3. The third-order valence-corrected chi connectivity index (χ3v) is 4.62. The molecule has 1 aliphatic rings. The highest BCUT2D eigenvalue weighted by Gasteiger charge is 2.25. The van der Waals surface area contributed by atoms with E-state index in [0.717, 1.165) is 19.4 Å². The summed E-state index contributed by atoms with van der Waals surface area (Å²) >= 11 is 0. The lowest BCUT2D eigenvalue weighted by molar-refractivity contribution is 0.0224. The molecule has 25 heavy (non-hydrogen) atoms. The van der Waals surface area contributed by atoms with Crippen LogP contribution in [0, 0.1) is 0 Å². The van der Waals surface area contributed by atoms with Gasteiger partial charge < -0.3 is 9.64 Å². The molecule has 1 aromatic rings. The topological polar surface area (TPSA) is 29.5 Å². The molecule has 3 heteroatoms. The number of nitrogens with zero attached hydrogens (tertiary/aromatic N) is 1. The normalized spacial score (nSPS) is 15.8. The zero-order valence-electron chi connectivity index (χ0n) is 16.5. The van der Waals surface area contributed by atoms with Gasteiger partial charge in [-0.2, -0.15) is 0 Å². The van der Waals surface area contributed by atoms with Gasteiger partial charge in [0.25, 0.3) is 0 Å². The van der Waals surface area contributed by atoms with E-state index in [4.69, 9.17) is 4.74 Å². The predicted octanol–water partition coefficient (Wildman–Crippen LogP) is 5.43. The first kappa shape index (κ1) is 19.3. The van der Waals surface area contributed by atoms with E-state index < -0.39 is 5.60 Å². The van der Waals surface area contributed by atoms with Crippen LogP contribution in [-0.4, -0.2) is 23.1 Å². The van der Waals surface area contributed by atoms with Gasteiger partial charge in [-0.05, 0) is 76.6 Å². The van der Waals surface area contributed by atoms with Crippen molar-refractivity contribution in [3.8, 4) is 0 Å². The van der Waals surface area contributed by atoms with Crippen LogP contribution >= 0.6 is 0 Å². The van der Waals surface area contributed by atoms with Crippen LogP contribution < -0.4 is 0 Å². The SMILES string of the molecule is C/C=C(C)\C(=C/C)Cc1ccc2c(c1)CCN(C(=O)OC(C)(C)C)C2. The fourth-order valence-corrected chi connectivity index (χ4v) is 3.07. The Hall–Kier alpha value is -2.03. The number of ether oxygens (including phenoxy) is 1. The van der Waals surface area contributed by atoms with Gasteiger partial charge in [-0.15, -0.1) is 0 Å². The average molecular weight is 341 g/mol. The number of carbonyl (C=O) groups excluding carboxylic acids is 1. The molecule has 0 bridgehead atoms. The summed E-state index contributed by atoms with van der Waals surface area (Å²) in [5.41, 5.74) is 6.16. The van der Waals surface area contributed by atoms with Crippen molar-refractivity contribution in [1.29, 1.82) is 0 Å². The Morgan fingerprint density at radius 2 is 1.92 bits per heavy atom. The number of amides is 1. The van der Waals surface area contributed by atoms with Gasteiger partial charge in [-0.3, -0.25) is 0 Å². The van der Waals surface area contributed by atoms with Crippen LogP contribution in [0.4, 0.5) is 4.79 Å². The van der Waals surface area contributed by atoms with E-state index in [1.165, 1.54) is 27.8 Å². The highest BCUT2D eigenvalue weighted by molar-refractivity contribution is 5.68. The van der Waals surface area contributed by atoms with Crippen molar-refractivity contribution in [2.75, 3.05) is 6.54 Å². The Morgan fingerprint density at radius 3 is 2.52 bits per heavy atom. The van der Waals surface area contributed by atoms with Gasteiger partial charge >= 0.3 is 6.09 Å². The Balaban J connectivity index is 2.10. The minimum absolute atomic E-state index is 0.220. The van der Waals surface area contributed by atoms with Crippen molar-refractivity contribution >= 4 is 6.09 Å². The van der Waals surface area contributed by atoms with E-state index in [1.807, 2.05) is 20.8 Å². The summed E-state index contributed by atoms with van der Waals surface area (Å²) in [5.74, 6) is 0. The highest BCUT2D eigenvalue weighted by atomic mass is 16.6. The molecule has 0 spiro atoms. The largest absolute Gasteiger partial charge is 0.444 e. The fraction of sp³-hybridized carbons (Fsp3) is 0.500. The molecule has 0 fully saturated rings. The van der Waals surface area contributed by atoms with Gasteiger partial charge in [-0.1, -0.05) is 35.9 Å². The Kier molecular flexibility index (Phi) is 6.10. The van der Waals surface area contributed by atoms with E-state index in [0.29, 0.717) is 6.54 Å². The lowest BCUT2D eigenvalue weighted by Gasteiger charge is -2.31. The van der Waals surface area contributed by atoms with E-state index >= 15 is 0 Å². The molecule has 0 aromatic heterocycles. The van der Waals surface area contributed by atoms with Crippen molar-refractivity contribution in [1.82, 2.24) is 4.90 Å². The van der Waals surface area contributed by atoms with E-state index in [2.05, 4.69) is 51.1 Å². The summed E-state index contributed by atoms with van der Waals surface area (Å²) in [4.78, 5) is 14.1. The van der Waals surface area contributed by atoms with Gasteiger partial charge in [0.15, 0.2) is 0 Å². The Labute approximate surface area is 152 Å². The number of hydrogen-bond acceptors (Lipinski definition) is 2. The molecule has 136 valence electrons. The summed E-state index contributed by atoms with van der Waals surface area (Å²) in [6.07, 6.45) is 5.97. The lowest BCUT2D eigenvalue weighted by atomic mass is 9.93. The molecule has 0 aliphatic carbocycles. The molecule has 2 rings (SSSR count). The summed E-state index contributed by atoms with van der Waals surface area (Å²) < 4.78 is 5.50. The zero-order chi connectivity index (χ0) is 18.6. The first-order chi connectivity index (χ1) is 11.7. The molecule has 0 atom stereocenters. The third-order valence-electron chi connectivity index (χ3n) is 4.62. The predicted molar refractivity (Wildman–Crippen MR) is 104 cm³/mol. The van der Waals surface area contributed by atoms with Gasteiger partial charge in [0.1, 0.15) is 5.60 Å². The summed E-state index contributed by atoms with van der Waals surface area (Å²) in [6.45, 7) is 13.4. The van der Waals surface area contributed by atoms with Gasteiger partial charge in [0, 0.05) is 13.1 Å². The maximum atomic E-state index is 12.3. The van der Waals surface area contributed by atoms with Crippen molar-refractivity contribution in [3.05, 3.63) is 58.2 Å². The molecule has 0 saturated carbocycles. The van der Waals surface area contributed by atoms with Crippen LogP contribution in [0.2, 0.25) is 0 Å². The quantitative estimate of drug-likeness (QED) is 0.686. The number of hydrogen-bond donors (Lipinski definition) is 0. The lowest BCUT2D eigenvalue weighted by Crippen LogP contribution is -2.39. The van der Waals surface area contributed by atoms with Crippen LogP contribution in [0.25, 0.3) is 0 Å². The monoisotopic (exact) mass is 341 g/mol. The highest BCUT2D eigenvalue weighted by Crippen LogP contribution is 2.24. The minimum Gasteiger partial charge on any atom is -0.444 e. The van der Waals surface area contributed by atoms with Crippen LogP contribution in [0.3, 0.4) is 0 Å². The average Bonchev–Trinajstić information content (AvgIpc) is 2.56. The molecule has 1 amide bonds. The summed E-state index contributed by atoms with van der Waals surface area (Å²) in [6, 6.07) is 6.65. The molecule has 0 N–H and O–H groups in total. The van der Waals surface area contributed by atoms with E-state index in [9.17, 15) is 4.79 Å². The van der Waals surface area contributed by atoms with Crippen molar-refractivity contribution in [2.24, 2.45) is 0 Å². The minimum atomic E-state index is -0.450.